The lowest BCUT2D eigenvalue weighted by Gasteiger charge is -2.17. The van der Waals surface area contributed by atoms with Gasteiger partial charge in [0.05, 0.1) is 6.07 Å². The van der Waals surface area contributed by atoms with Crippen molar-refractivity contribution in [2.45, 2.75) is 24.9 Å². The van der Waals surface area contributed by atoms with E-state index in [0.29, 0.717) is 0 Å². The van der Waals surface area contributed by atoms with Crippen LogP contribution >= 0.6 is 23.5 Å². The standard InChI is InChI=1S/C7H13NS2/c1-4-9-7(3,6-8)10-5-2/h4-5H2,1-3H3. The Morgan fingerprint density at radius 1 is 1.30 bits per heavy atom. The van der Waals surface area contributed by atoms with Crippen molar-refractivity contribution in [3.8, 4) is 6.07 Å². The second-order valence-electron chi connectivity index (χ2n) is 1.92. The van der Waals surface area contributed by atoms with Gasteiger partial charge >= 0.3 is 0 Å². The number of hydrogen-bond donors (Lipinski definition) is 0. The third-order valence-corrected chi connectivity index (χ3v) is 3.61. The minimum atomic E-state index is -0.219. The van der Waals surface area contributed by atoms with Gasteiger partial charge in [-0.2, -0.15) is 5.26 Å². The maximum Gasteiger partial charge on any atom is 0.145 e. The molecule has 0 unspecified atom stereocenters. The van der Waals surface area contributed by atoms with E-state index in [1.165, 1.54) is 0 Å². The van der Waals surface area contributed by atoms with Crippen LogP contribution in [-0.4, -0.2) is 15.6 Å². The average molecular weight is 175 g/mol. The fourth-order valence-corrected chi connectivity index (χ4v) is 2.93. The highest BCUT2D eigenvalue weighted by Crippen LogP contribution is 2.35. The second kappa shape index (κ2) is 4.92. The summed E-state index contributed by atoms with van der Waals surface area (Å²) in [5.74, 6) is 2.02. The molecule has 0 fully saturated rings. The van der Waals surface area contributed by atoms with Crippen molar-refractivity contribution in [3.05, 3.63) is 0 Å². The summed E-state index contributed by atoms with van der Waals surface area (Å²) in [6.45, 7) is 6.14. The van der Waals surface area contributed by atoms with Gasteiger partial charge in [-0.3, -0.25) is 0 Å². The van der Waals surface area contributed by atoms with Crippen molar-refractivity contribution >= 4 is 23.5 Å². The summed E-state index contributed by atoms with van der Waals surface area (Å²) in [6.07, 6.45) is 0. The zero-order valence-electron chi connectivity index (χ0n) is 6.68. The first kappa shape index (κ1) is 10.2. The molecule has 0 heterocycles. The van der Waals surface area contributed by atoms with E-state index >= 15 is 0 Å². The lowest BCUT2D eigenvalue weighted by molar-refractivity contribution is 1.15. The summed E-state index contributed by atoms with van der Waals surface area (Å²) < 4.78 is -0.219. The average Bonchev–Trinajstić information content (AvgIpc) is 1.89. The molecule has 0 aromatic carbocycles. The molecule has 0 aromatic rings. The van der Waals surface area contributed by atoms with Gasteiger partial charge < -0.3 is 0 Å². The summed E-state index contributed by atoms with van der Waals surface area (Å²) in [5.41, 5.74) is 0. The van der Waals surface area contributed by atoms with Crippen LogP contribution in [0.5, 0.6) is 0 Å². The Bertz CT molecular complexity index is 122. The zero-order chi connectivity index (χ0) is 8.04. The molecular formula is C7H13NS2. The van der Waals surface area contributed by atoms with Gasteiger partial charge in [0.1, 0.15) is 4.08 Å². The van der Waals surface area contributed by atoms with Crippen LogP contribution in [0.1, 0.15) is 20.8 Å². The van der Waals surface area contributed by atoms with Gasteiger partial charge in [-0.25, -0.2) is 0 Å². The normalized spacial score (nSPS) is 11.0. The van der Waals surface area contributed by atoms with Gasteiger partial charge in [0, 0.05) is 0 Å². The van der Waals surface area contributed by atoms with Crippen LogP contribution in [0, 0.1) is 11.3 Å². The Labute approximate surface area is 71.6 Å². The predicted octanol–water partition coefficient (Wildman–Crippen LogP) is 2.73. The van der Waals surface area contributed by atoms with Gasteiger partial charge in [-0.05, 0) is 18.4 Å². The lowest BCUT2D eigenvalue weighted by Crippen LogP contribution is -2.12. The van der Waals surface area contributed by atoms with Crippen molar-refractivity contribution in [3.63, 3.8) is 0 Å². The van der Waals surface area contributed by atoms with Crippen molar-refractivity contribution in [2.75, 3.05) is 11.5 Å². The van der Waals surface area contributed by atoms with Gasteiger partial charge in [0.15, 0.2) is 0 Å². The minimum absolute atomic E-state index is 0.219. The van der Waals surface area contributed by atoms with Crippen LogP contribution in [0.4, 0.5) is 0 Å². The minimum Gasteiger partial charge on any atom is -0.196 e. The van der Waals surface area contributed by atoms with E-state index in [9.17, 15) is 0 Å². The number of nitriles is 1. The molecule has 0 atom stereocenters. The Kier molecular flexibility index (Phi) is 5.02. The molecule has 0 aromatic heterocycles. The van der Waals surface area contributed by atoms with E-state index in [1.807, 2.05) is 6.92 Å². The summed E-state index contributed by atoms with van der Waals surface area (Å²) in [7, 11) is 0. The Morgan fingerprint density at radius 3 is 1.90 bits per heavy atom. The summed E-state index contributed by atoms with van der Waals surface area (Å²) in [5, 5.41) is 8.76. The lowest BCUT2D eigenvalue weighted by atomic mass is 10.5. The number of thioether (sulfide) groups is 2. The molecular weight excluding hydrogens is 162 g/mol. The van der Waals surface area contributed by atoms with Crippen LogP contribution in [0.25, 0.3) is 0 Å². The van der Waals surface area contributed by atoms with E-state index in [2.05, 4.69) is 19.9 Å². The fourth-order valence-electron chi connectivity index (χ4n) is 0.657. The van der Waals surface area contributed by atoms with Gasteiger partial charge in [0.25, 0.3) is 0 Å². The largest absolute Gasteiger partial charge is 0.196 e. The molecule has 3 heteroatoms. The van der Waals surface area contributed by atoms with Crippen molar-refractivity contribution in [1.82, 2.24) is 0 Å². The fraction of sp³-hybridized carbons (Fsp3) is 0.857. The van der Waals surface area contributed by atoms with E-state index in [4.69, 9.17) is 5.26 Å². The van der Waals surface area contributed by atoms with E-state index in [-0.39, 0.29) is 4.08 Å². The zero-order valence-corrected chi connectivity index (χ0v) is 8.31. The molecule has 0 rings (SSSR count). The maximum absolute atomic E-state index is 8.76. The molecule has 0 N–H and O–H groups in total. The molecule has 10 heavy (non-hydrogen) atoms. The highest BCUT2D eigenvalue weighted by Gasteiger charge is 2.22. The van der Waals surface area contributed by atoms with Gasteiger partial charge in [0.2, 0.25) is 0 Å². The predicted molar refractivity (Wildman–Crippen MR) is 50.3 cm³/mol. The SMILES string of the molecule is CCSC(C)(C#N)SCC. The van der Waals surface area contributed by atoms with Crippen LogP contribution in [-0.2, 0) is 0 Å². The Balaban J connectivity index is 3.85. The first-order valence-corrected chi connectivity index (χ1v) is 5.34. The number of hydrogen-bond acceptors (Lipinski definition) is 3. The quantitative estimate of drug-likeness (QED) is 0.614. The summed E-state index contributed by atoms with van der Waals surface area (Å²) in [4.78, 5) is 0. The molecule has 0 spiro atoms. The van der Waals surface area contributed by atoms with E-state index in [1.54, 1.807) is 23.5 Å². The topological polar surface area (TPSA) is 23.8 Å². The van der Waals surface area contributed by atoms with Crippen LogP contribution in [0.3, 0.4) is 0 Å². The molecule has 0 saturated heterocycles. The van der Waals surface area contributed by atoms with Gasteiger partial charge in [-0.1, -0.05) is 13.8 Å². The third-order valence-electron chi connectivity index (χ3n) is 1.04. The Hall–Kier alpha value is 0.190. The summed E-state index contributed by atoms with van der Waals surface area (Å²) >= 11 is 3.41. The van der Waals surface area contributed by atoms with Crippen molar-refractivity contribution < 1.29 is 0 Å². The first-order chi connectivity index (χ1) is 4.68. The smallest absolute Gasteiger partial charge is 0.145 e. The Morgan fingerprint density at radius 2 is 1.70 bits per heavy atom. The second-order valence-corrected chi connectivity index (χ2v) is 5.55. The molecule has 0 aliphatic rings. The molecule has 58 valence electrons. The van der Waals surface area contributed by atoms with Crippen LogP contribution in [0.15, 0.2) is 0 Å². The van der Waals surface area contributed by atoms with Crippen LogP contribution in [0.2, 0.25) is 0 Å². The molecule has 0 aliphatic carbocycles. The third kappa shape index (κ3) is 3.38. The molecule has 0 saturated carbocycles. The van der Waals surface area contributed by atoms with Crippen molar-refractivity contribution in [1.29, 1.82) is 5.26 Å². The monoisotopic (exact) mass is 175 g/mol. The van der Waals surface area contributed by atoms with E-state index in [0.717, 1.165) is 11.5 Å². The first-order valence-electron chi connectivity index (χ1n) is 3.37. The van der Waals surface area contributed by atoms with Crippen LogP contribution < -0.4 is 0 Å². The summed E-state index contributed by atoms with van der Waals surface area (Å²) in [6, 6.07) is 2.31. The molecule has 1 nitrogen and oxygen atoms in total. The molecule has 0 radical (unpaired) electrons. The molecule has 0 bridgehead atoms. The molecule has 0 amide bonds. The number of nitrogens with zero attached hydrogens (tertiary/aromatic N) is 1. The molecule has 0 aliphatic heterocycles. The number of rotatable bonds is 4. The van der Waals surface area contributed by atoms with Crippen molar-refractivity contribution in [2.24, 2.45) is 0 Å². The van der Waals surface area contributed by atoms with Gasteiger partial charge in [-0.15, -0.1) is 23.5 Å². The highest BCUT2D eigenvalue weighted by molar-refractivity contribution is 8.18. The van der Waals surface area contributed by atoms with E-state index < -0.39 is 0 Å². The highest BCUT2D eigenvalue weighted by atomic mass is 32.2. The maximum atomic E-state index is 8.76.